The molecule has 0 aliphatic carbocycles. The van der Waals surface area contributed by atoms with Crippen molar-refractivity contribution in [2.45, 2.75) is 0 Å². The fourth-order valence-electron chi connectivity index (χ4n) is 2.33. The van der Waals surface area contributed by atoms with E-state index in [2.05, 4.69) is 10.1 Å². The normalized spacial score (nSPS) is 12.1. The smallest absolute Gasteiger partial charge is 0.433 e. The van der Waals surface area contributed by atoms with Crippen LogP contribution in [0.15, 0.2) is 79.1 Å². The second kappa shape index (κ2) is 7.67. The van der Waals surface area contributed by atoms with E-state index < -0.39 is 4.92 Å². The van der Waals surface area contributed by atoms with Gasteiger partial charge in [0, 0.05) is 10.4 Å². The number of halogens is 1. The molecule has 8 nitrogen and oxygen atoms in total. The Bertz CT molecular complexity index is 1200. The highest BCUT2D eigenvalue weighted by atomic mass is 35.5. The van der Waals surface area contributed by atoms with Crippen molar-refractivity contribution in [2.75, 3.05) is 0 Å². The maximum absolute atomic E-state index is 10.8. The summed E-state index contributed by atoms with van der Waals surface area (Å²) >= 11 is 7.29. The molecule has 4 rings (SSSR count). The lowest BCUT2D eigenvalue weighted by molar-refractivity contribution is -0.402. The van der Waals surface area contributed by atoms with Gasteiger partial charge in [0.05, 0.1) is 24.2 Å². The molecule has 0 unspecified atom stereocenters. The van der Waals surface area contributed by atoms with E-state index in [9.17, 15) is 10.1 Å². The van der Waals surface area contributed by atoms with Gasteiger partial charge in [-0.1, -0.05) is 11.6 Å². The molecule has 4 aromatic rings. The van der Waals surface area contributed by atoms with Crippen LogP contribution in [-0.2, 0) is 0 Å². The van der Waals surface area contributed by atoms with Crippen molar-refractivity contribution in [3.05, 3.63) is 85.9 Å². The molecule has 1 aromatic carbocycles. The third kappa shape index (κ3) is 3.80. The Balaban J connectivity index is 1.78. The lowest BCUT2D eigenvalue weighted by Gasteiger charge is -2.00. The molecule has 0 saturated heterocycles. The number of hydrogen-bond acceptors (Lipinski definition) is 7. The Labute approximate surface area is 166 Å². The Morgan fingerprint density at radius 2 is 2.00 bits per heavy atom. The van der Waals surface area contributed by atoms with Gasteiger partial charge in [-0.15, -0.1) is 11.3 Å². The van der Waals surface area contributed by atoms with E-state index in [0.717, 1.165) is 0 Å². The monoisotopic (exact) mass is 414 g/mol. The number of hydrogen-bond donors (Lipinski definition) is 0. The summed E-state index contributed by atoms with van der Waals surface area (Å²) in [5, 5.41) is 17.6. The minimum absolute atomic E-state index is 0.244. The standard InChI is InChI=1S/C18H11ClN4O4S/c19-12-3-5-13(6-4-12)21-18-22(15(11-28-18)16-2-1-9-26-16)20-10-14-7-8-17(27-14)23(24)25/h1-11H. The van der Waals surface area contributed by atoms with Crippen molar-refractivity contribution in [3.8, 4) is 11.5 Å². The van der Waals surface area contributed by atoms with Gasteiger partial charge in [-0.25, -0.2) is 9.67 Å². The molecule has 0 amide bonds. The molecule has 0 bridgehead atoms. The fourth-order valence-corrected chi connectivity index (χ4v) is 3.30. The van der Waals surface area contributed by atoms with Crippen LogP contribution in [0.25, 0.3) is 11.5 Å². The molecule has 0 saturated carbocycles. The zero-order valence-corrected chi connectivity index (χ0v) is 15.6. The highest BCUT2D eigenvalue weighted by Crippen LogP contribution is 2.22. The van der Waals surface area contributed by atoms with E-state index >= 15 is 0 Å². The number of aromatic nitrogens is 1. The average Bonchev–Trinajstić information content (AvgIpc) is 3.42. The molecule has 3 heterocycles. The van der Waals surface area contributed by atoms with Crippen LogP contribution in [0.2, 0.25) is 5.02 Å². The van der Waals surface area contributed by atoms with Crippen LogP contribution in [0.3, 0.4) is 0 Å². The zero-order chi connectivity index (χ0) is 19.5. The van der Waals surface area contributed by atoms with E-state index in [1.807, 2.05) is 5.38 Å². The zero-order valence-electron chi connectivity index (χ0n) is 14.1. The fraction of sp³-hybridized carbons (Fsp3) is 0. The Morgan fingerprint density at radius 1 is 1.18 bits per heavy atom. The lowest BCUT2D eigenvalue weighted by Crippen LogP contribution is -2.11. The van der Waals surface area contributed by atoms with Gasteiger partial charge in [-0.05, 0) is 42.5 Å². The van der Waals surface area contributed by atoms with E-state index in [1.54, 1.807) is 47.3 Å². The van der Waals surface area contributed by atoms with Gasteiger partial charge in [0.2, 0.25) is 4.80 Å². The first-order chi connectivity index (χ1) is 13.6. The van der Waals surface area contributed by atoms with E-state index in [-0.39, 0.29) is 11.6 Å². The third-order valence-electron chi connectivity index (χ3n) is 3.60. The van der Waals surface area contributed by atoms with Crippen LogP contribution in [0.1, 0.15) is 5.76 Å². The molecule has 0 aliphatic heterocycles. The summed E-state index contributed by atoms with van der Waals surface area (Å²) in [5.41, 5.74) is 1.38. The van der Waals surface area contributed by atoms with Crippen molar-refractivity contribution in [2.24, 2.45) is 10.1 Å². The second-order valence-electron chi connectivity index (χ2n) is 5.46. The summed E-state index contributed by atoms with van der Waals surface area (Å²) in [5.74, 6) is 0.499. The molecule has 0 aliphatic rings. The van der Waals surface area contributed by atoms with E-state index in [4.69, 9.17) is 20.4 Å². The van der Waals surface area contributed by atoms with Gasteiger partial charge in [-0.3, -0.25) is 10.1 Å². The SMILES string of the molecule is O=[N+]([O-])c1ccc(C=Nn2c(-c3ccco3)csc2=Nc2ccc(Cl)cc2)o1. The topological polar surface area (TPSA) is 99.1 Å². The number of benzene rings is 1. The highest BCUT2D eigenvalue weighted by Gasteiger charge is 2.12. The Kier molecular flexibility index (Phi) is 4.92. The number of nitrogens with zero attached hydrogens (tertiary/aromatic N) is 4. The van der Waals surface area contributed by atoms with Gasteiger partial charge in [0.1, 0.15) is 10.6 Å². The van der Waals surface area contributed by atoms with Crippen molar-refractivity contribution in [1.29, 1.82) is 0 Å². The minimum atomic E-state index is -0.606. The Hall–Kier alpha value is -3.43. The van der Waals surface area contributed by atoms with Crippen molar-refractivity contribution in [1.82, 2.24) is 4.68 Å². The van der Waals surface area contributed by atoms with Gasteiger partial charge in [0.25, 0.3) is 0 Å². The third-order valence-corrected chi connectivity index (χ3v) is 4.67. The van der Waals surface area contributed by atoms with Gasteiger partial charge < -0.3 is 8.83 Å². The molecule has 140 valence electrons. The molecular weight excluding hydrogens is 404 g/mol. The van der Waals surface area contributed by atoms with Crippen LogP contribution < -0.4 is 4.80 Å². The molecule has 28 heavy (non-hydrogen) atoms. The van der Waals surface area contributed by atoms with E-state index in [1.165, 1.54) is 29.7 Å². The first kappa shape index (κ1) is 18.0. The quantitative estimate of drug-likeness (QED) is 0.258. The van der Waals surface area contributed by atoms with Crippen LogP contribution >= 0.6 is 22.9 Å². The lowest BCUT2D eigenvalue weighted by atomic mass is 10.3. The van der Waals surface area contributed by atoms with Crippen LogP contribution in [0.5, 0.6) is 0 Å². The number of rotatable bonds is 5. The molecule has 0 spiro atoms. The molecular formula is C18H11ClN4O4S. The minimum Gasteiger partial charge on any atom is -0.463 e. The summed E-state index contributed by atoms with van der Waals surface area (Å²) < 4.78 is 12.2. The summed E-state index contributed by atoms with van der Waals surface area (Å²) in [6, 6.07) is 13.4. The summed E-state index contributed by atoms with van der Waals surface area (Å²) in [6.45, 7) is 0. The van der Waals surface area contributed by atoms with Gasteiger partial charge in [0.15, 0.2) is 11.5 Å². The molecule has 0 atom stereocenters. The molecule has 0 N–H and O–H groups in total. The summed E-state index contributed by atoms with van der Waals surface area (Å²) in [4.78, 5) is 15.3. The van der Waals surface area contributed by atoms with Crippen molar-refractivity contribution >= 4 is 40.7 Å². The maximum atomic E-state index is 10.8. The van der Waals surface area contributed by atoms with Crippen LogP contribution in [-0.4, -0.2) is 15.8 Å². The summed E-state index contributed by atoms with van der Waals surface area (Å²) in [7, 11) is 0. The number of furan rings is 2. The van der Waals surface area contributed by atoms with Gasteiger partial charge >= 0.3 is 5.88 Å². The van der Waals surface area contributed by atoms with Gasteiger partial charge in [-0.2, -0.15) is 5.10 Å². The van der Waals surface area contributed by atoms with Crippen LogP contribution in [0.4, 0.5) is 11.6 Å². The molecule has 0 radical (unpaired) electrons. The first-order valence-electron chi connectivity index (χ1n) is 7.93. The maximum Gasteiger partial charge on any atom is 0.433 e. The summed E-state index contributed by atoms with van der Waals surface area (Å²) in [6.07, 6.45) is 2.94. The average molecular weight is 415 g/mol. The Morgan fingerprint density at radius 3 is 2.68 bits per heavy atom. The predicted molar refractivity (Wildman–Crippen MR) is 105 cm³/mol. The second-order valence-corrected chi connectivity index (χ2v) is 6.73. The number of thiazole rings is 1. The molecule has 0 fully saturated rings. The molecule has 10 heteroatoms. The first-order valence-corrected chi connectivity index (χ1v) is 9.19. The van der Waals surface area contributed by atoms with Crippen molar-refractivity contribution in [3.63, 3.8) is 0 Å². The van der Waals surface area contributed by atoms with Crippen LogP contribution in [0, 0.1) is 10.1 Å². The largest absolute Gasteiger partial charge is 0.463 e. The molecule has 3 aromatic heterocycles. The predicted octanol–water partition coefficient (Wildman–Crippen LogP) is 5.08. The highest BCUT2D eigenvalue weighted by molar-refractivity contribution is 7.07. The van der Waals surface area contributed by atoms with E-state index in [0.29, 0.717) is 27.0 Å². The van der Waals surface area contributed by atoms with Crippen molar-refractivity contribution < 1.29 is 13.8 Å². The number of nitro groups is 1.